The van der Waals surface area contributed by atoms with Crippen LogP contribution in [0.3, 0.4) is 0 Å². The van der Waals surface area contributed by atoms with Gasteiger partial charge in [0, 0.05) is 12.8 Å². The molecule has 1 aliphatic rings. The fourth-order valence-electron chi connectivity index (χ4n) is 2.40. The van der Waals surface area contributed by atoms with Gasteiger partial charge in [0.2, 0.25) is 0 Å². The molecule has 0 aromatic rings. The van der Waals surface area contributed by atoms with Gasteiger partial charge >= 0.3 is 0 Å². The van der Waals surface area contributed by atoms with E-state index >= 15 is 0 Å². The number of rotatable bonds is 10. The highest BCUT2D eigenvalue weighted by atomic mass is 16.1. The highest BCUT2D eigenvalue weighted by Gasteiger charge is 2.19. The summed E-state index contributed by atoms with van der Waals surface area (Å²) < 4.78 is 0. The first-order valence-corrected chi connectivity index (χ1v) is 7.34. The first kappa shape index (κ1) is 13.7. The van der Waals surface area contributed by atoms with Crippen molar-refractivity contribution in [2.24, 2.45) is 5.92 Å². The van der Waals surface area contributed by atoms with Crippen LogP contribution in [-0.4, -0.2) is 5.78 Å². The molecule has 1 nitrogen and oxygen atoms in total. The molecule has 1 rings (SSSR count). The molecule has 16 heavy (non-hydrogen) atoms. The molecule has 0 N–H and O–H groups in total. The smallest absolute Gasteiger partial charge is 0.133 e. The topological polar surface area (TPSA) is 17.1 Å². The Hall–Kier alpha value is -0.330. The first-order chi connectivity index (χ1) is 7.83. The second-order valence-corrected chi connectivity index (χ2v) is 5.41. The molecule has 0 unspecified atom stereocenters. The van der Waals surface area contributed by atoms with Crippen LogP contribution in [0.5, 0.6) is 0 Å². The number of ketones is 1. The Balaban J connectivity index is 1.80. The zero-order valence-corrected chi connectivity index (χ0v) is 11.0. The van der Waals surface area contributed by atoms with Gasteiger partial charge in [0.1, 0.15) is 5.78 Å². The molecule has 1 fully saturated rings. The number of hydrogen-bond acceptors (Lipinski definition) is 1. The highest BCUT2D eigenvalue weighted by Crippen LogP contribution is 2.30. The Kier molecular flexibility index (Phi) is 7.54. The number of carbonyl (C=O) groups is 1. The summed E-state index contributed by atoms with van der Waals surface area (Å²) in [6.07, 6.45) is 14.9. The molecule has 0 aromatic heterocycles. The van der Waals surface area contributed by atoms with Crippen molar-refractivity contribution in [1.29, 1.82) is 0 Å². The summed E-state index contributed by atoms with van der Waals surface area (Å²) in [7, 11) is 0. The van der Waals surface area contributed by atoms with Crippen LogP contribution in [0.2, 0.25) is 0 Å². The third-order valence-electron chi connectivity index (χ3n) is 3.80. The van der Waals surface area contributed by atoms with Crippen LogP contribution in [0.4, 0.5) is 0 Å². The van der Waals surface area contributed by atoms with Crippen LogP contribution in [-0.2, 0) is 4.79 Å². The Bertz CT molecular complexity index is 182. The molecule has 0 heterocycles. The molecule has 0 bridgehead atoms. The van der Waals surface area contributed by atoms with Gasteiger partial charge in [-0.2, -0.15) is 0 Å². The van der Waals surface area contributed by atoms with Gasteiger partial charge in [0.05, 0.1) is 0 Å². The summed E-state index contributed by atoms with van der Waals surface area (Å²) in [5.41, 5.74) is 0. The zero-order chi connectivity index (χ0) is 11.6. The Labute approximate surface area is 101 Å². The molecular weight excluding hydrogens is 196 g/mol. The summed E-state index contributed by atoms with van der Waals surface area (Å²) in [4.78, 5) is 11.6. The van der Waals surface area contributed by atoms with E-state index in [1.807, 2.05) is 0 Å². The predicted octanol–water partition coefficient (Wildman–Crippen LogP) is 4.89. The lowest BCUT2D eigenvalue weighted by Crippen LogP contribution is -2.15. The standard InChI is InChI=1S/C15H28O/c1-2-3-4-5-6-7-8-12-15(16)13-14-10-9-11-14/h14H,2-13H2,1H3. The fraction of sp³-hybridized carbons (Fsp3) is 0.933. The van der Waals surface area contributed by atoms with Crippen molar-refractivity contribution in [3.63, 3.8) is 0 Å². The lowest BCUT2D eigenvalue weighted by Gasteiger charge is -2.24. The molecule has 1 saturated carbocycles. The van der Waals surface area contributed by atoms with Crippen LogP contribution in [0.25, 0.3) is 0 Å². The van der Waals surface area contributed by atoms with Crippen molar-refractivity contribution in [3.05, 3.63) is 0 Å². The average Bonchev–Trinajstić information content (AvgIpc) is 2.22. The minimum absolute atomic E-state index is 0.526. The molecule has 1 aliphatic carbocycles. The summed E-state index contributed by atoms with van der Waals surface area (Å²) >= 11 is 0. The van der Waals surface area contributed by atoms with E-state index in [-0.39, 0.29) is 0 Å². The molecular formula is C15H28O. The average molecular weight is 224 g/mol. The van der Waals surface area contributed by atoms with Gasteiger partial charge in [-0.25, -0.2) is 0 Å². The molecule has 0 aliphatic heterocycles. The van der Waals surface area contributed by atoms with Crippen LogP contribution in [0.1, 0.15) is 84.0 Å². The molecule has 0 spiro atoms. The normalized spacial score (nSPS) is 16.1. The van der Waals surface area contributed by atoms with Gasteiger partial charge in [0.15, 0.2) is 0 Å². The summed E-state index contributed by atoms with van der Waals surface area (Å²) in [6, 6.07) is 0. The third-order valence-corrected chi connectivity index (χ3v) is 3.80. The van der Waals surface area contributed by atoms with Gasteiger partial charge in [-0.3, -0.25) is 4.79 Å². The minimum atomic E-state index is 0.526. The van der Waals surface area contributed by atoms with Crippen molar-refractivity contribution in [2.75, 3.05) is 0 Å². The maximum Gasteiger partial charge on any atom is 0.133 e. The van der Waals surface area contributed by atoms with Crippen molar-refractivity contribution in [1.82, 2.24) is 0 Å². The molecule has 0 radical (unpaired) electrons. The van der Waals surface area contributed by atoms with E-state index < -0.39 is 0 Å². The van der Waals surface area contributed by atoms with E-state index in [1.54, 1.807) is 0 Å². The van der Waals surface area contributed by atoms with Gasteiger partial charge in [-0.05, 0) is 12.3 Å². The maximum atomic E-state index is 11.6. The van der Waals surface area contributed by atoms with Gasteiger partial charge in [-0.15, -0.1) is 0 Å². The second-order valence-electron chi connectivity index (χ2n) is 5.41. The number of carbonyl (C=O) groups excluding carboxylic acids is 1. The van der Waals surface area contributed by atoms with Crippen molar-refractivity contribution in [2.45, 2.75) is 84.0 Å². The van der Waals surface area contributed by atoms with E-state index in [9.17, 15) is 4.79 Å². The Morgan fingerprint density at radius 3 is 2.19 bits per heavy atom. The quantitative estimate of drug-likeness (QED) is 0.483. The predicted molar refractivity (Wildman–Crippen MR) is 69.6 cm³/mol. The molecule has 1 heteroatoms. The van der Waals surface area contributed by atoms with E-state index in [0.29, 0.717) is 5.78 Å². The van der Waals surface area contributed by atoms with Crippen molar-refractivity contribution < 1.29 is 4.79 Å². The third kappa shape index (κ3) is 6.30. The Morgan fingerprint density at radius 2 is 1.62 bits per heavy atom. The Morgan fingerprint density at radius 1 is 1.00 bits per heavy atom. The molecule has 0 aromatic carbocycles. The van der Waals surface area contributed by atoms with E-state index in [2.05, 4.69) is 6.92 Å². The zero-order valence-electron chi connectivity index (χ0n) is 11.0. The summed E-state index contributed by atoms with van der Waals surface area (Å²) in [6.45, 7) is 2.25. The number of unbranched alkanes of at least 4 members (excludes halogenated alkanes) is 6. The van der Waals surface area contributed by atoms with E-state index in [1.165, 1.54) is 57.8 Å². The lowest BCUT2D eigenvalue weighted by atomic mass is 9.81. The van der Waals surface area contributed by atoms with Crippen LogP contribution < -0.4 is 0 Å². The van der Waals surface area contributed by atoms with Crippen molar-refractivity contribution in [3.8, 4) is 0 Å². The summed E-state index contributed by atoms with van der Waals surface area (Å²) in [5.74, 6) is 1.29. The van der Waals surface area contributed by atoms with Crippen LogP contribution >= 0.6 is 0 Å². The van der Waals surface area contributed by atoms with Crippen LogP contribution in [0.15, 0.2) is 0 Å². The monoisotopic (exact) mass is 224 g/mol. The highest BCUT2D eigenvalue weighted by molar-refractivity contribution is 5.78. The second kappa shape index (κ2) is 8.78. The molecule has 94 valence electrons. The van der Waals surface area contributed by atoms with Gasteiger partial charge < -0.3 is 0 Å². The van der Waals surface area contributed by atoms with Crippen molar-refractivity contribution >= 4 is 5.78 Å². The fourth-order valence-corrected chi connectivity index (χ4v) is 2.40. The van der Waals surface area contributed by atoms with Gasteiger partial charge in [-0.1, -0.05) is 64.7 Å². The maximum absolute atomic E-state index is 11.6. The SMILES string of the molecule is CCCCCCCCCC(=O)CC1CCC1. The van der Waals surface area contributed by atoms with E-state index in [4.69, 9.17) is 0 Å². The van der Waals surface area contributed by atoms with Crippen LogP contribution in [0, 0.1) is 5.92 Å². The minimum Gasteiger partial charge on any atom is -0.300 e. The molecule has 0 atom stereocenters. The molecule has 0 saturated heterocycles. The molecule has 0 amide bonds. The largest absolute Gasteiger partial charge is 0.300 e. The van der Waals surface area contributed by atoms with Gasteiger partial charge in [0.25, 0.3) is 0 Å². The first-order valence-electron chi connectivity index (χ1n) is 7.34. The lowest BCUT2D eigenvalue weighted by molar-refractivity contribution is -0.120. The summed E-state index contributed by atoms with van der Waals surface area (Å²) in [5, 5.41) is 0. The number of hydrogen-bond donors (Lipinski definition) is 0. The number of Topliss-reactive ketones (excluding diaryl/α,β-unsaturated/α-hetero) is 1. The van der Waals surface area contributed by atoms with E-state index in [0.717, 1.165) is 25.2 Å².